The third-order valence-corrected chi connectivity index (χ3v) is 4.81. The molecule has 2 fully saturated rings. The lowest BCUT2D eigenvalue weighted by Crippen LogP contribution is -2.44. The molecule has 2 aliphatic rings. The van der Waals surface area contributed by atoms with E-state index in [1.165, 1.54) is 25.7 Å². The molecule has 0 atom stereocenters. The summed E-state index contributed by atoms with van der Waals surface area (Å²) in [6.45, 7) is 7.44. The number of aliphatic imine (C=N–C) groups is 1. The fraction of sp³-hybridized carbons (Fsp3) is 0.882. The first kappa shape index (κ1) is 18.0. The van der Waals surface area contributed by atoms with Gasteiger partial charge in [-0.05, 0) is 25.2 Å². The van der Waals surface area contributed by atoms with Crippen LogP contribution in [-0.2, 0) is 9.53 Å². The Morgan fingerprint density at radius 2 is 1.83 bits per heavy atom. The minimum atomic E-state index is 0.162. The zero-order valence-electron chi connectivity index (χ0n) is 14.7. The molecule has 1 saturated heterocycles. The fourth-order valence-corrected chi connectivity index (χ4v) is 3.44. The number of nitrogens with one attached hydrogen (secondary N) is 1. The molecule has 0 aromatic carbocycles. The Morgan fingerprint density at radius 3 is 2.52 bits per heavy atom. The summed E-state index contributed by atoms with van der Waals surface area (Å²) in [4.78, 5) is 20.0. The first-order valence-electron chi connectivity index (χ1n) is 8.99. The van der Waals surface area contributed by atoms with Gasteiger partial charge in [-0.25, -0.2) is 0 Å². The molecule has 0 aromatic rings. The Hall–Kier alpha value is -1.30. The number of guanidine groups is 1. The number of amides is 1. The normalized spacial score (nSPS) is 20.7. The summed E-state index contributed by atoms with van der Waals surface area (Å²) in [6.07, 6.45) is 6.37. The Labute approximate surface area is 140 Å². The molecule has 1 aliphatic heterocycles. The Bertz CT molecular complexity index is 394. The van der Waals surface area contributed by atoms with Crippen LogP contribution in [0.2, 0.25) is 0 Å². The van der Waals surface area contributed by atoms with E-state index in [0.29, 0.717) is 0 Å². The summed E-state index contributed by atoms with van der Waals surface area (Å²) < 4.78 is 5.78. The largest absolute Gasteiger partial charge is 0.379 e. The molecular formula is C17H32N4O2. The Balaban J connectivity index is 1.65. The van der Waals surface area contributed by atoms with E-state index in [2.05, 4.69) is 15.2 Å². The maximum absolute atomic E-state index is 11.5. The highest BCUT2D eigenvalue weighted by Crippen LogP contribution is 2.24. The van der Waals surface area contributed by atoms with E-state index >= 15 is 0 Å². The number of hydrogen-bond donors (Lipinski definition) is 1. The smallest absolute Gasteiger partial charge is 0.219 e. The van der Waals surface area contributed by atoms with Gasteiger partial charge in [0.15, 0.2) is 5.96 Å². The molecule has 6 nitrogen and oxygen atoms in total. The highest BCUT2D eigenvalue weighted by Gasteiger charge is 2.19. The number of nitrogens with zero attached hydrogens (tertiary/aromatic N) is 3. The second kappa shape index (κ2) is 9.75. The molecule has 0 unspecified atom stereocenters. The van der Waals surface area contributed by atoms with Gasteiger partial charge in [-0.3, -0.25) is 9.79 Å². The van der Waals surface area contributed by atoms with Gasteiger partial charge in [-0.15, -0.1) is 0 Å². The predicted octanol–water partition coefficient (Wildman–Crippen LogP) is 1.32. The highest BCUT2D eigenvalue weighted by atomic mass is 16.5. The van der Waals surface area contributed by atoms with Crippen molar-refractivity contribution in [2.75, 3.05) is 53.0 Å². The summed E-state index contributed by atoms with van der Waals surface area (Å²) >= 11 is 0. The van der Waals surface area contributed by atoms with Gasteiger partial charge < -0.3 is 19.9 Å². The molecule has 132 valence electrons. The van der Waals surface area contributed by atoms with Crippen LogP contribution in [0.25, 0.3) is 0 Å². The van der Waals surface area contributed by atoms with Crippen LogP contribution in [0.1, 0.15) is 39.0 Å². The van der Waals surface area contributed by atoms with E-state index in [1.54, 1.807) is 6.92 Å². The molecule has 1 N–H and O–H groups in total. The number of hydrogen-bond acceptors (Lipinski definition) is 3. The van der Waals surface area contributed by atoms with E-state index in [4.69, 9.17) is 4.74 Å². The van der Waals surface area contributed by atoms with Crippen LogP contribution >= 0.6 is 0 Å². The van der Waals surface area contributed by atoms with Gasteiger partial charge in [0.2, 0.25) is 5.91 Å². The SMILES string of the molecule is CN=C(NCCOCC1CCCC1)N1CCCN(C(C)=O)CC1. The molecule has 1 aliphatic carbocycles. The number of rotatable bonds is 5. The topological polar surface area (TPSA) is 57.2 Å². The Kier molecular flexibility index (Phi) is 7.65. The average Bonchev–Trinajstić information content (AvgIpc) is 2.93. The monoisotopic (exact) mass is 324 g/mol. The predicted molar refractivity (Wildman–Crippen MR) is 92.6 cm³/mol. The van der Waals surface area contributed by atoms with Crippen molar-refractivity contribution < 1.29 is 9.53 Å². The van der Waals surface area contributed by atoms with Crippen LogP contribution in [0, 0.1) is 5.92 Å². The third kappa shape index (κ3) is 6.01. The van der Waals surface area contributed by atoms with E-state index in [0.717, 1.165) is 64.2 Å². The standard InChI is InChI=1S/C17H32N4O2/c1-15(22)20-9-5-10-21(12-11-20)17(18-2)19-8-13-23-14-16-6-3-4-7-16/h16H,3-14H2,1-2H3,(H,18,19). The van der Waals surface area contributed by atoms with Gasteiger partial charge in [0.05, 0.1) is 6.61 Å². The lowest BCUT2D eigenvalue weighted by Gasteiger charge is -2.25. The van der Waals surface area contributed by atoms with E-state index in [9.17, 15) is 4.79 Å². The molecular weight excluding hydrogens is 292 g/mol. The van der Waals surface area contributed by atoms with Crippen LogP contribution in [-0.4, -0.2) is 74.7 Å². The van der Waals surface area contributed by atoms with Gasteiger partial charge in [0, 0.05) is 53.3 Å². The molecule has 6 heteroatoms. The summed E-state index contributed by atoms with van der Waals surface area (Å²) in [5, 5.41) is 3.38. The van der Waals surface area contributed by atoms with Gasteiger partial charge in [-0.1, -0.05) is 12.8 Å². The molecule has 1 amide bonds. The molecule has 1 heterocycles. The molecule has 1 saturated carbocycles. The minimum absolute atomic E-state index is 0.162. The zero-order valence-corrected chi connectivity index (χ0v) is 14.7. The van der Waals surface area contributed by atoms with Crippen molar-refractivity contribution in [2.45, 2.75) is 39.0 Å². The molecule has 2 rings (SSSR count). The van der Waals surface area contributed by atoms with Crippen molar-refractivity contribution >= 4 is 11.9 Å². The molecule has 0 bridgehead atoms. The van der Waals surface area contributed by atoms with Crippen LogP contribution in [0.4, 0.5) is 0 Å². The first-order valence-corrected chi connectivity index (χ1v) is 8.99. The zero-order chi connectivity index (χ0) is 16.5. The Morgan fingerprint density at radius 1 is 1.13 bits per heavy atom. The second-order valence-corrected chi connectivity index (χ2v) is 6.55. The quantitative estimate of drug-likeness (QED) is 0.471. The summed E-state index contributed by atoms with van der Waals surface area (Å²) in [7, 11) is 1.81. The van der Waals surface area contributed by atoms with Crippen LogP contribution in [0.3, 0.4) is 0 Å². The number of carbonyl (C=O) groups is 1. The summed E-state index contributed by atoms with van der Waals surface area (Å²) in [5.74, 6) is 1.85. The molecule has 0 spiro atoms. The number of carbonyl (C=O) groups excluding carboxylic acids is 1. The van der Waals surface area contributed by atoms with Gasteiger partial charge in [0.25, 0.3) is 0 Å². The molecule has 0 aromatic heterocycles. The summed E-state index contributed by atoms with van der Waals surface area (Å²) in [6, 6.07) is 0. The van der Waals surface area contributed by atoms with Crippen molar-refractivity contribution in [1.29, 1.82) is 0 Å². The molecule has 23 heavy (non-hydrogen) atoms. The van der Waals surface area contributed by atoms with Crippen molar-refractivity contribution in [3.63, 3.8) is 0 Å². The first-order chi connectivity index (χ1) is 11.2. The van der Waals surface area contributed by atoms with E-state index in [-0.39, 0.29) is 5.91 Å². The van der Waals surface area contributed by atoms with Crippen molar-refractivity contribution in [2.24, 2.45) is 10.9 Å². The van der Waals surface area contributed by atoms with Crippen molar-refractivity contribution in [1.82, 2.24) is 15.1 Å². The van der Waals surface area contributed by atoms with Crippen molar-refractivity contribution in [3.8, 4) is 0 Å². The van der Waals surface area contributed by atoms with Crippen LogP contribution in [0.15, 0.2) is 4.99 Å². The second-order valence-electron chi connectivity index (χ2n) is 6.55. The van der Waals surface area contributed by atoms with E-state index < -0.39 is 0 Å². The van der Waals surface area contributed by atoms with Gasteiger partial charge in [-0.2, -0.15) is 0 Å². The van der Waals surface area contributed by atoms with Crippen LogP contribution in [0.5, 0.6) is 0 Å². The lowest BCUT2D eigenvalue weighted by atomic mass is 10.1. The fourth-order valence-electron chi connectivity index (χ4n) is 3.44. The van der Waals surface area contributed by atoms with Gasteiger partial charge in [0.1, 0.15) is 0 Å². The van der Waals surface area contributed by atoms with E-state index in [1.807, 2.05) is 11.9 Å². The number of ether oxygens (including phenoxy) is 1. The minimum Gasteiger partial charge on any atom is -0.379 e. The highest BCUT2D eigenvalue weighted by molar-refractivity contribution is 5.80. The average molecular weight is 324 g/mol. The summed E-state index contributed by atoms with van der Waals surface area (Å²) in [5.41, 5.74) is 0. The van der Waals surface area contributed by atoms with Gasteiger partial charge >= 0.3 is 0 Å². The van der Waals surface area contributed by atoms with Crippen LogP contribution < -0.4 is 5.32 Å². The van der Waals surface area contributed by atoms with Crippen molar-refractivity contribution in [3.05, 3.63) is 0 Å². The lowest BCUT2D eigenvalue weighted by molar-refractivity contribution is -0.128. The molecule has 0 radical (unpaired) electrons. The maximum atomic E-state index is 11.5. The maximum Gasteiger partial charge on any atom is 0.219 e. The third-order valence-electron chi connectivity index (χ3n) is 4.81.